The van der Waals surface area contributed by atoms with E-state index in [9.17, 15) is 12.8 Å². The molecule has 0 atom stereocenters. The number of hydrogen-bond acceptors (Lipinski definition) is 6. The van der Waals surface area contributed by atoms with E-state index < -0.39 is 15.8 Å². The van der Waals surface area contributed by atoms with E-state index >= 15 is 0 Å². The highest BCUT2D eigenvalue weighted by Gasteiger charge is 2.30. The highest BCUT2D eigenvalue weighted by Crippen LogP contribution is 2.23. The molecule has 27 heavy (non-hydrogen) atoms. The topological polar surface area (TPSA) is 79.5 Å². The summed E-state index contributed by atoms with van der Waals surface area (Å²) in [5.74, 6) is 0.270. The number of benzene rings is 2. The van der Waals surface area contributed by atoms with E-state index in [4.69, 9.17) is 4.52 Å². The molecule has 0 radical (unpaired) electrons. The van der Waals surface area contributed by atoms with E-state index in [0.29, 0.717) is 24.9 Å². The van der Waals surface area contributed by atoms with Gasteiger partial charge in [-0.1, -0.05) is 24.3 Å². The normalized spacial score (nSPS) is 15.8. The van der Waals surface area contributed by atoms with Gasteiger partial charge in [0.1, 0.15) is 5.82 Å². The molecular formula is C18H17FN4O3S. The van der Waals surface area contributed by atoms with E-state index in [1.807, 2.05) is 35.2 Å². The van der Waals surface area contributed by atoms with Crippen LogP contribution in [0, 0.1) is 5.82 Å². The summed E-state index contributed by atoms with van der Waals surface area (Å²) in [6.45, 7) is 1.35. The van der Waals surface area contributed by atoms with Crippen molar-refractivity contribution in [2.75, 3.05) is 31.1 Å². The maximum Gasteiger partial charge on any atom is 0.266 e. The molecule has 0 unspecified atom stereocenters. The maximum atomic E-state index is 13.4. The Morgan fingerprint density at radius 2 is 1.70 bits per heavy atom. The van der Waals surface area contributed by atoms with Crippen LogP contribution in [0.1, 0.15) is 0 Å². The highest BCUT2D eigenvalue weighted by atomic mass is 32.2. The zero-order valence-electron chi connectivity index (χ0n) is 14.3. The van der Waals surface area contributed by atoms with Crippen molar-refractivity contribution in [2.45, 2.75) is 4.90 Å². The smallest absolute Gasteiger partial charge is 0.266 e. The van der Waals surface area contributed by atoms with E-state index in [2.05, 4.69) is 10.1 Å². The first kappa shape index (κ1) is 17.6. The number of sulfonamides is 1. The number of aromatic nitrogens is 2. The number of rotatable bonds is 4. The second kappa shape index (κ2) is 7.09. The molecule has 1 aromatic heterocycles. The second-order valence-electron chi connectivity index (χ2n) is 6.11. The van der Waals surface area contributed by atoms with Gasteiger partial charge in [-0.15, -0.1) is 0 Å². The molecule has 0 amide bonds. The fourth-order valence-electron chi connectivity index (χ4n) is 2.95. The SMILES string of the molecule is O=S(=O)(c1cccc(F)c1)N1CCN(c2noc(-c3ccccc3)n2)CC1. The van der Waals surface area contributed by atoms with Gasteiger partial charge in [0.15, 0.2) is 0 Å². The Balaban J connectivity index is 1.46. The van der Waals surface area contributed by atoms with E-state index in [0.717, 1.165) is 11.6 Å². The van der Waals surface area contributed by atoms with Gasteiger partial charge in [0.25, 0.3) is 11.8 Å². The lowest BCUT2D eigenvalue weighted by Gasteiger charge is -2.33. The lowest BCUT2D eigenvalue weighted by Crippen LogP contribution is -2.49. The minimum atomic E-state index is -3.73. The van der Waals surface area contributed by atoms with Gasteiger partial charge in [0, 0.05) is 31.7 Å². The van der Waals surface area contributed by atoms with Crippen molar-refractivity contribution in [1.29, 1.82) is 0 Å². The molecule has 1 aliphatic heterocycles. The summed E-state index contributed by atoms with van der Waals surface area (Å²) >= 11 is 0. The summed E-state index contributed by atoms with van der Waals surface area (Å²) in [4.78, 5) is 6.22. The minimum Gasteiger partial charge on any atom is -0.336 e. The quantitative estimate of drug-likeness (QED) is 0.683. The molecule has 1 aliphatic rings. The number of halogens is 1. The summed E-state index contributed by atoms with van der Waals surface area (Å²) in [6, 6.07) is 14.5. The van der Waals surface area contributed by atoms with Crippen LogP contribution < -0.4 is 4.90 Å². The Hall–Kier alpha value is -2.78. The van der Waals surface area contributed by atoms with E-state index in [-0.39, 0.29) is 18.0 Å². The summed E-state index contributed by atoms with van der Waals surface area (Å²) < 4.78 is 45.3. The Labute approximate surface area is 156 Å². The predicted octanol–water partition coefficient (Wildman–Crippen LogP) is 2.39. The molecule has 140 valence electrons. The molecule has 1 fully saturated rings. The van der Waals surface area contributed by atoms with Crippen molar-refractivity contribution >= 4 is 16.0 Å². The first-order valence-electron chi connectivity index (χ1n) is 8.44. The van der Waals surface area contributed by atoms with Crippen molar-refractivity contribution < 1.29 is 17.3 Å². The summed E-state index contributed by atoms with van der Waals surface area (Å²) in [5.41, 5.74) is 0.823. The molecule has 0 bridgehead atoms. The molecule has 2 aromatic carbocycles. The lowest BCUT2D eigenvalue weighted by molar-refractivity contribution is 0.376. The summed E-state index contributed by atoms with van der Waals surface area (Å²) in [5, 5.41) is 4.00. The third kappa shape index (κ3) is 3.56. The molecule has 2 heterocycles. The van der Waals surface area contributed by atoms with Crippen LogP contribution in [0.4, 0.5) is 10.3 Å². The van der Waals surface area contributed by atoms with E-state index in [1.165, 1.54) is 22.5 Å². The van der Waals surface area contributed by atoms with Gasteiger partial charge in [-0.25, -0.2) is 12.8 Å². The van der Waals surface area contributed by atoms with Gasteiger partial charge in [-0.2, -0.15) is 9.29 Å². The van der Waals surface area contributed by atoms with Crippen molar-refractivity contribution in [3.63, 3.8) is 0 Å². The van der Waals surface area contributed by atoms with Crippen LogP contribution in [-0.2, 0) is 10.0 Å². The van der Waals surface area contributed by atoms with Crippen LogP contribution in [0.15, 0.2) is 64.0 Å². The third-order valence-corrected chi connectivity index (χ3v) is 6.29. The zero-order chi connectivity index (χ0) is 18.9. The van der Waals surface area contributed by atoms with E-state index in [1.54, 1.807) is 0 Å². The molecular weight excluding hydrogens is 371 g/mol. The summed E-state index contributed by atoms with van der Waals surface area (Å²) in [6.07, 6.45) is 0. The standard InChI is InChI=1S/C18H17FN4O3S/c19-15-7-4-8-16(13-15)27(24,25)23-11-9-22(10-12-23)18-20-17(26-21-18)14-5-2-1-3-6-14/h1-8,13H,9-12H2. The van der Waals surface area contributed by atoms with Crippen LogP contribution >= 0.6 is 0 Å². The average Bonchev–Trinajstić information content (AvgIpc) is 3.19. The van der Waals surface area contributed by atoms with Crippen LogP contribution in [0.2, 0.25) is 0 Å². The molecule has 0 N–H and O–H groups in total. The van der Waals surface area contributed by atoms with Crippen LogP contribution in [-0.4, -0.2) is 49.0 Å². The molecule has 9 heteroatoms. The molecule has 7 nitrogen and oxygen atoms in total. The number of anilines is 1. The van der Waals surface area contributed by atoms with Gasteiger partial charge in [0.05, 0.1) is 4.90 Å². The molecule has 3 aromatic rings. The Bertz CT molecular complexity index is 1030. The van der Waals surface area contributed by atoms with Gasteiger partial charge in [0.2, 0.25) is 10.0 Å². The fourth-order valence-corrected chi connectivity index (χ4v) is 4.40. The maximum absolute atomic E-state index is 13.4. The third-order valence-electron chi connectivity index (χ3n) is 4.39. The number of nitrogens with zero attached hydrogens (tertiary/aromatic N) is 4. The highest BCUT2D eigenvalue weighted by molar-refractivity contribution is 7.89. The minimum absolute atomic E-state index is 0.0399. The van der Waals surface area contributed by atoms with Crippen molar-refractivity contribution in [2.24, 2.45) is 0 Å². The monoisotopic (exact) mass is 388 g/mol. The number of piperazine rings is 1. The van der Waals surface area contributed by atoms with Gasteiger partial charge >= 0.3 is 0 Å². The summed E-state index contributed by atoms with van der Waals surface area (Å²) in [7, 11) is -3.73. The van der Waals surface area contributed by atoms with Gasteiger partial charge < -0.3 is 9.42 Å². The first-order valence-corrected chi connectivity index (χ1v) is 9.88. The van der Waals surface area contributed by atoms with Crippen LogP contribution in [0.5, 0.6) is 0 Å². The number of hydrogen-bond donors (Lipinski definition) is 0. The molecule has 0 aliphatic carbocycles. The Morgan fingerprint density at radius 3 is 2.41 bits per heavy atom. The molecule has 1 saturated heterocycles. The predicted molar refractivity (Wildman–Crippen MR) is 97.1 cm³/mol. The van der Waals surface area contributed by atoms with Crippen molar-refractivity contribution in [3.8, 4) is 11.5 Å². The second-order valence-corrected chi connectivity index (χ2v) is 8.05. The fraction of sp³-hybridized carbons (Fsp3) is 0.222. The first-order chi connectivity index (χ1) is 13.0. The Morgan fingerprint density at radius 1 is 0.963 bits per heavy atom. The molecule has 0 spiro atoms. The van der Waals surface area contributed by atoms with Crippen molar-refractivity contribution in [3.05, 3.63) is 60.4 Å². The van der Waals surface area contributed by atoms with Crippen LogP contribution in [0.25, 0.3) is 11.5 Å². The average molecular weight is 388 g/mol. The van der Waals surface area contributed by atoms with Crippen LogP contribution in [0.3, 0.4) is 0 Å². The largest absolute Gasteiger partial charge is 0.336 e. The zero-order valence-corrected chi connectivity index (χ0v) is 15.1. The Kier molecular flexibility index (Phi) is 4.63. The molecule has 4 rings (SSSR count). The lowest BCUT2D eigenvalue weighted by atomic mass is 10.2. The molecule has 0 saturated carbocycles. The van der Waals surface area contributed by atoms with Gasteiger partial charge in [-0.3, -0.25) is 0 Å². The van der Waals surface area contributed by atoms with Gasteiger partial charge in [-0.05, 0) is 35.5 Å². The van der Waals surface area contributed by atoms with Crippen molar-refractivity contribution in [1.82, 2.24) is 14.4 Å².